The van der Waals surface area contributed by atoms with E-state index >= 15 is 0 Å². The minimum atomic E-state index is -0.270. The van der Waals surface area contributed by atoms with Crippen LogP contribution in [0.25, 0.3) is 0 Å². The van der Waals surface area contributed by atoms with E-state index in [4.69, 9.17) is 24.5 Å². The average molecular weight is 277 g/mol. The molecule has 7 nitrogen and oxygen atoms in total. The molecule has 1 fully saturated rings. The van der Waals surface area contributed by atoms with Crippen molar-refractivity contribution in [3.05, 3.63) is 36.0 Å². The first-order valence-electron chi connectivity index (χ1n) is 6.31. The number of ether oxygens (including phenoxy) is 3. The second kappa shape index (κ2) is 5.89. The topological polar surface area (TPSA) is 92.6 Å². The smallest absolute Gasteiger partial charge is 0.264 e. The molecule has 1 atom stereocenters. The summed E-state index contributed by atoms with van der Waals surface area (Å²) in [4.78, 5) is 4.23. The number of anilines is 1. The molecular formula is C13H15N3O4. The molecule has 1 aliphatic heterocycles. The fourth-order valence-electron chi connectivity index (χ4n) is 1.84. The normalized spacial score (nSPS) is 18.9. The lowest BCUT2D eigenvalue weighted by molar-refractivity contribution is -0.0941. The van der Waals surface area contributed by atoms with Crippen LogP contribution in [-0.2, 0) is 16.1 Å². The molecule has 1 aliphatic rings. The highest BCUT2D eigenvalue weighted by molar-refractivity contribution is 5.43. The van der Waals surface area contributed by atoms with Gasteiger partial charge in [-0.2, -0.15) is 4.98 Å². The van der Waals surface area contributed by atoms with Crippen molar-refractivity contribution in [1.82, 2.24) is 10.1 Å². The number of hydrogen-bond donors (Lipinski definition) is 1. The van der Waals surface area contributed by atoms with Gasteiger partial charge in [-0.15, -0.1) is 0 Å². The van der Waals surface area contributed by atoms with Gasteiger partial charge in [0.15, 0.2) is 6.61 Å². The van der Waals surface area contributed by atoms with Crippen molar-refractivity contribution >= 4 is 5.69 Å². The second-order valence-corrected chi connectivity index (χ2v) is 4.34. The van der Waals surface area contributed by atoms with E-state index in [1.807, 2.05) is 12.1 Å². The van der Waals surface area contributed by atoms with E-state index < -0.39 is 0 Å². The highest BCUT2D eigenvalue weighted by atomic mass is 16.6. The summed E-state index contributed by atoms with van der Waals surface area (Å²) in [6.07, 6.45) is -0.270. The zero-order valence-corrected chi connectivity index (χ0v) is 10.8. The van der Waals surface area contributed by atoms with E-state index in [1.54, 1.807) is 12.1 Å². The number of nitrogens with two attached hydrogens (primary N) is 1. The summed E-state index contributed by atoms with van der Waals surface area (Å²) in [5.41, 5.74) is 6.31. The molecule has 20 heavy (non-hydrogen) atoms. The lowest BCUT2D eigenvalue weighted by Crippen LogP contribution is -2.22. The third kappa shape index (κ3) is 3.06. The van der Waals surface area contributed by atoms with E-state index in [0.29, 0.717) is 43.0 Å². The Morgan fingerprint density at radius 2 is 2.30 bits per heavy atom. The monoisotopic (exact) mass is 277 g/mol. The molecule has 1 aromatic carbocycles. The number of hydrogen-bond acceptors (Lipinski definition) is 7. The van der Waals surface area contributed by atoms with Gasteiger partial charge in [-0.1, -0.05) is 11.2 Å². The molecule has 0 bridgehead atoms. The van der Waals surface area contributed by atoms with Gasteiger partial charge in [-0.05, 0) is 12.1 Å². The minimum Gasteiger partial charge on any atom is -0.484 e. The lowest BCUT2D eigenvalue weighted by Gasteiger charge is -2.19. The zero-order chi connectivity index (χ0) is 13.8. The Hall–Kier alpha value is -2.12. The van der Waals surface area contributed by atoms with Crippen LogP contribution in [0, 0.1) is 0 Å². The Labute approximate surface area is 115 Å². The Balaban J connectivity index is 1.59. The highest BCUT2D eigenvalue weighted by Crippen LogP contribution is 2.19. The first-order valence-corrected chi connectivity index (χ1v) is 6.31. The van der Waals surface area contributed by atoms with Crippen molar-refractivity contribution in [3.63, 3.8) is 0 Å². The summed E-state index contributed by atoms with van der Waals surface area (Å²) in [5, 5.41) is 3.87. The van der Waals surface area contributed by atoms with Gasteiger partial charge < -0.3 is 24.5 Å². The maximum atomic E-state index is 5.67. The minimum absolute atomic E-state index is 0.185. The van der Waals surface area contributed by atoms with Crippen molar-refractivity contribution in [3.8, 4) is 5.75 Å². The SMILES string of the molecule is Nc1cccc(OCc2nc(C3COCCO3)no2)c1. The van der Waals surface area contributed by atoms with Gasteiger partial charge in [0, 0.05) is 11.8 Å². The van der Waals surface area contributed by atoms with E-state index in [2.05, 4.69) is 10.1 Å². The van der Waals surface area contributed by atoms with Crippen molar-refractivity contribution in [2.24, 2.45) is 0 Å². The largest absolute Gasteiger partial charge is 0.484 e. The standard InChI is InChI=1S/C13H15N3O4/c14-9-2-1-3-10(6-9)19-8-12-15-13(16-20-12)11-7-17-4-5-18-11/h1-3,6,11H,4-5,7-8,14H2. The maximum absolute atomic E-state index is 5.67. The molecule has 0 amide bonds. The van der Waals surface area contributed by atoms with E-state index in [9.17, 15) is 0 Å². The quantitative estimate of drug-likeness (QED) is 0.842. The molecule has 0 aliphatic carbocycles. The molecule has 1 saturated heterocycles. The molecule has 106 valence electrons. The fourth-order valence-corrected chi connectivity index (χ4v) is 1.84. The van der Waals surface area contributed by atoms with Crippen LogP contribution in [0.2, 0.25) is 0 Å². The van der Waals surface area contributed by atoms with Crippen LogP contribution in [0.15, 0.2) is 28.8 Å². The summed E-state index contributed by atoms with van der Waals surface area (Å²) < 4.78 is 21.4. The highest BCUT2D eigenvalue weighted by Gasteiger charge is 2.22. The summed E-state index contributed by atoms with van der Waals surface area (Å²) in [5.74, 6) is 1.52. The summed E-state index contributed by atoms with van der Waals surface area (Å²) in [6, 6.07) is 7.15. The van der Waals surface area contributed by atoms with Gasteiger partial charge >= 0.3 is 0 Å². The van der Waals surface area contributed by atoms with E-state index in [0.717, 1.165) is 0 Å². The van der Waals surface area contributed by atoms with Crippen molar-refractivity contribution in [1.29, 1.82) is 0 Å². The van der Waals surface area contributed by atoms with Crippen LogP contribution >= 0.6 is 0 Å². The number of rotatable bonds is 4. The van der Waals surface area contributed by atoms with Crippen LogP contribution in [-0.4, -0.2) is 30.0 Å². The molecule has 1 unspecified atom stereocenters. The third-order valence-corrected chi connectivity index (χ3v) is 2.81. The van der Waals surface area contributed by atoms with Crippen molar-refractivity contribution in [2.45, 2.75) is 12.7 Å². The van der Waals surface area contributed by atoms with Crippen LogP contribution in [0.4, 0.5) is 5.69 Å². The lowest BCUT2D eigenvalue weighted by atomic mass is 10.3. The van der Waals surface area contributed by atoms with Gasteiger partial charge in [0.25, 0.3) is 5.89 Å². The number of benzene rings is 1. The molecule has 2 aromatic rings. The van der Waals surface area contributed by atoms with Gasteiger partial charge in [-0.25, -0.2) is 0 Å². The third-order valence-electron chi connectivity index (χ3n) is 2.81. The molecule has 0 spiro atoms. The van der Waals surface area contributed by atoms with E-state index in [-0.39, 0.29) is 12.7 Å². The first kappa shape index (κ1) is 12.9. The van der Waals surface area contributed by atoms with Crippen LogP contribution in [0.3, 0.4) is 0 Å². The van der Waals surface area contributed by atoms with Gasteiger partial charge in [0.1, 0.15) is 11.9 Å². The Morgan fingerprint density at radius 3 is 3.10 bits per heavy atom. The molecule has 0 saturated carbocycles. The first-order chi connectivity index (χ1) is 9.81. The average Bonchev–Trinajstić information content (AvgIpc) is 2.95. The molecular weight excluding hydrogens is 262 g/mol. The predicted octanol–water partition coefficient (Wildman–Crippen LogP) is 1.32. The molecule has 1 aromatic heterocycles. The predicted molar refractivity (Wildman–Crippen MR) is 69.0 cm³/mol. The molecule has 3 rings (SSSR count). The number of nitrogen functional groups attached to an aromatic ring is 1. The summed E-state index contributed by atoms with van der Waals surface area (Å²) in [7, 11) is 0. The van der Waals surface area contributed by atoms with Crippen LogP contribution < -0.4 is 10.5 Å². The summed E-state index contributed by atoms with van der Waals surface area (Å²) >= 11 is 0. The number of nitrogens with zero attached hydrogens (tertiary/aromatic N) is 2. The second-order valence-electron chi connectivity index (χ2n) is 4.34. The molecule has 2 heterocycles. The van der Waals surface area contributed by atoms with Gasteiger partial charge in [0.2, 0.25) is 5.82 Å². The molecule has 0 radical (unpaired) electrons. The Morgan fingerprint density at radius 1 is 1.35 bits per heavy atom. The number of aromatic nitrogens is 2. The maximum Gasteiger partial charge on any atom is 0.264 e. The van der Waals surface area contributed by atoms with E-state index in [1.165, 1.54) is 0 Å². The van der Waals surface area contributed by atoms with Crippen molar-refractivity contribution < 1.29 is 18.7 Å². The molecule has 2 N–H and O–H groups in total. The molecule has 7 heteroatoms. The van der Waals surface area contributed by atoms with Gasteiger partial charge in [0.05, 0.1) is 19.8 Å². The summed E-state index contributed by atoms with van der Waals surface area (Å²) in [6.45, 7) is 1.76. The fraction of sp³-hybridized carbons (Fsp3) is 0.385. The van der Waals surface area contributed by atoms with Gasteiger partial charge in [-0.3, -0.25) is 0 Å². The zero-order valence-electron chi connectivity index (χ0n) is 10.8. The Bertz CT molecular complexity index is 566. The Kier molecular flexibility index (Phi) is 3.80. The van der Waals surface area contributed by atoms with Crippen molar-refractivity contribution in [2.75, 3.05) is 25.6 Å². The van der Waals surface area contributed by atoms with Crippen LogP contribution in [0.1, 0.15) is 17.8 Å². The van der Waals surface area contributed by atoms with Crippen LogP contribution in [0.5, 0.6) is 5.75 Å².